The molecule has 1 atom stereocenters. The number of hydrogen-bond donors (Lipinski definition) is 2. The van der Waals surface area contributed by atoms with Gasteiger partial charge in [0.1, 0.15) is 11.4 Å². The van der Waals surface area contributed by atoms with Crippen LogP contribution in [0.25, 0.3) is 11.3 Å². The Hall–Kier alpha value is -2.27. The van der Waals surface area contributed by atoms with Crippen molar-refractivity contribution in [3.05, 3.63) is 41.1 Å². The molecule has 1 aliphatic heterocycles. The predicted octanol–water partition coefficient (Wildman–Crippen LogP) is 2.65. The largest absolute Gasteiger partial charge is 0.507 e. The minimum Gasteiger partial charge on any atom is -0.507 e. The van der Waals surface area contributed by atoms with Crippen LogP contribution in [0.3, 0.4) is 0 Å². The maximum atomic E-state index is 12.4. The molecular weight excluding hydrogens is 290 g/mol. The maximum Gasteiger partial charge on any atom is 0.187 e. The molecule has 0 bridgehead atoms. The molecule has 5 heteroatoms. The molecule has 1 aliphatic rings. The van der Waals surface area contributed by atoms with Crippen LogP contribution in [0.4, 0.5) is 0 Å². The van der Waals surface area contributed by atoms with Gasteiger partial charge in [-0.2, -0.15) is 0 Å². The van der Waals surface area contributed by atoms with Gasteiger partial charge in [-0.1, -0.05) is 6.07 Å². The summed E-state index contributed by atoms with van der Waals surface area (Å²) in [5, 5.41) is 21.7. The van der Waals surface area contributed by atoms with E-state index in [1.54, 1.807) is 18.2 Å². The zero-order chi connectivity index (χ0) is 16.4. The molecule has 3 rings (SSSR count). The summed E-state index contributed by atoms with van der Waals surface area (Å²) in [4.78, 5) is 12.4. The third kappa shape index (κ3) is 3.24. The van der Waals surface area contributed by atoms with Crippen molar-refractivity contribution < 1.29 is 9.90 Å². The van der Waals surface area contributed by atoms with Gasteiger partial charge in [0.15, 0.2) is 5.78 Å². The molecule has 0 aliphatic carbocycles. The fourth-order valence-electron chi connectivity index (χ4n) is 3.16. The number of ketones is 1. The summed E-state index contributed by atoms with van der Waals surface area (Å²) >= 11 is 0. The number of nitrogens with one attached hydrogen (secondary N) is 1. The molecule has 0 radical (unpaired) electrons. The number of carbonyl (C=O) groups is 1. The summed E-state index contributed by atoms with van der Waals surface area (Å²) in [6, 6.07) is 7.16. The Kier molecular flexibility index (Phi) is 4.39. The van der Waals surface area contributed by atoms with Crippen molar-refractivity contribution in [1.29, 1.82) is 0 Å². The minimum atomic E-state index is -0.0154. The van der Waals surface area contributed by atoms with Gasteiger partial charge < -0.3 is 10.4 Å². The highest BCUT2D eigenvalue weighted by atomic mass is 16.3. The van der Waals surface area contributed by atoms with Gasteiger partial charge in [-0.15, -0.1) is 10.2 Å². The lowest BCUT2D eigenvalue weighted by molar-refractivity contribution is 0.0893. The standard InChI is InChI=1S/C18H21N3O2/c1-11-8-12(2)17(16(22)9-11)14-5-6-15(21-20-14)18(23)13-4-3-7-19-10-13/h5-6,8-9,13,19,22H,3-4,7,10H2,1-2H3. The number of carbonyl (C=O) groups excluding carboxylic acids is 1. The summed E-state index contributed by atoms with van der Waals surface area (Å²) in [5.74, 6) is 0.215. The zero-order valence-electron chi connectivity index (χ0n) is 13.5. The number of phenols is 1. The Bertz CT molecular complexity index is 697. The fraction of sp³-hybridized carbons (Fsp3) is 0.389. The molecule has 2 heterocycles. The van der Waals surface area contributed by atoms with E-state index in [1.807, 2.05) is 19.9 Å². The lowest BCUT2D eigenvalue weighted by atomic mass is 9.93. The normalized spacial score (nSPS) is 17.9. The summed E-state index contributed by atoms with van der Waals surface area (Å²) in [7, 11) is 0. The molecule has 1 unspecified atom stereocenters. The van der Waals surface area contributed by atoms with Crippen molar-refractivity contribution in [2.75, 3.05) is 13.1 Å². The van der Waals surface area contributed by atoms with Crippen LogP contribution >= 0.6 is 0 Å². The molecule has 1 aromatic heterocycles. The molecule has 0 spiro atoms. The number of nitrogens with zero attached hydrogens (tertiary/aromatic N) is 2. The van der Waals surface area contributed by atoms with Gasteiger partial charge in [0.2, 0.25) is 0 Å². The van der Waals surface area contributed by atoms with Crippen molar-refractivity contribution in [3.8, 4) is 17.0 Å². The van der Waals surface area contributed by atoms with Crippen LogP contribution in [-0.2, 0) is 0 Å². The van der Waals surface area contributed by atoms with Gasteiger partial charge in [-0.3, -0.25) is 4.79 Å². The average Bonchev–Trinajstić information content (AvgIpc) is 2.55. The summed E-state index contributed by atoms with van der Waals surface area (Å²) in [5.41, 5.74) is 3.58. The first-order valence-electron chi connectivity index (χ1n) is 7.95. The SMILES string of the molecule is Cc1cc(C)c(-c2ccc(C(=O)C3CCCNC3)nn2)c(O)c1. The van der Waals surface area contributed by atoms with E-state index in [2.05, 4.69) is 15.5 Å². The van der Waals surface area contributed by atoms with E-state index in [9.17, 15) is 9.90 Å². The number of aromatic hydroxyl groups is 1. The lowest BCUT2D eigenvalue weighted by Gasteiger charge is -2.20. The van der Waals surface area contributed by atoms with Crippen molar-refractivity contribution >= 4 is 5.78 Å². The molecule has 1 aromatic carbocycles. The first-order valence-corrected chi connectivity index (χ1v) is 7.95. The van der Waals surface area contributed by atoms with E-state index in [1.165, 1.54) is 0 Å². The number of piperidine rings is 1. The van der Waals surface area contributed by atoms with Gasteiger partial charge in [-0.25, -0.2) is 0 Å². The summed E-state index contributed by atoms with van der Waals surface area (Å²) in [6.45, 7) is 5.54. The highest BCUT2D eigenvalue weighted by Gasteiger charge is 2.23. The molecule has 120 valence electrons. The summed E-state index contributed by atoms with van der Waals surface area (Å²) < 4.78 is 0. The van der Waals surface area contributed by atoms with E-state index in [4.69, 9.17) is 0 Å². The smallest absolute Gasteiger partial charge is 0.187 e. The Labute approximate surface area is 135 Å². The molecule has 1 fully saturated rings. The Morgan fingerprint density at radius 3 is 2.70 bits per heavy atom. The van der Waals surface area contributed by atoms with Crippen LogP contribution < -0.4 is 5.32 Å². The van der Waals surface area contributed by atoms with Crippen molar-refractivity contribution in [2.45, 2.75) is 26.7 Å². The zero-order valence-corrected chi connectivity index (χ0v) is 13.5. The van der Waals surface area contributed by atoms with E-state index < -0.39 is 0 Å². The van der Waals surface area contributed by atoms with Gasteiger partial charge in [0, 0.05) is 18.0 Å². The van der Waals surface area contributed by atoms with E-state index in [-0.39, 0.29) is 17.5 Å². The van der Waals surface area contributed by atoms with Crippen molar-refractivity contribution in [2.24, 2.45) is 5.92 Å². The highest BCUT2D eigenvalue weighted by Crippen LogP contribution is 2.32. The number of hydrogen-bond acceptors (Lipinski definition) is 5. The van der Waals surface area contributed by atoms with Crippen LogP contribution in [0.15, 0.2) is 24.3 Å². The van der Waals surface area contributed by atoms with Gasteiger partial charge in [0.25, 0.3) is 0 Å². The number of benzene rings is 1. The number of aryl methyl sites for hydroxylation is 2. The third-order valence-corrected chi connectivity index (χ3v) is 4.30. The topological polar surface area (TPSA) is 75.1 Å². The fourth-order valence-corrected chi connectivity index (χ4v) is 3.16. The van der Waals surface area contributed by atoms with Crippen LogP contribution in [0, 0.1) is 19.8 Å². The van der Waals surface area contributed by atoms with Crippen molar-refractivity contribution in [3.63, 3.8) is 0 Å². The second-order valence-corrected chi connectivity index (χ2v) is 6.19. The van der Waals surface area contributed by atoms with E-state index in [0.29, 0.717) is 23.5 Å². The molecule has 0 saturated carbocycles. The average molecular weight is 311 g/mol. The minimum absolute atomic E-state index is 0.0154. The monoisotopic (exact) mass is 311 g/mol. The van der Waals surface area contributed by atoms with Crippen LogP contribution in [0.2, 0.25) is 0 Å². The molecule has 2 aromatic rings. The number of aromatic nitrogens is 2. The van der Waals surface area contributed by atoms with Crippen LogP contribution in [0.5, 0.6) is 5.75 Å². The second kappa shape index (κ2) is 6.46. The molecule has 1 saturated heterocycles. The van der Waals surface area contributed by atoms with Crippen LogP contribution in [-0.4, -0.2) is 34.2 Å². The summed E-state index contributed by atoms with van der Waals surface area (Å²) in [6.07, 6.45) is 1.91. The molecule has 0 amide bonds. The lowest BCUT2D eigenvalue weighted by Crippen LogP contribution is -2.34. The Morgan fingerprint density at radius 1 is 1.26 bits per heavy atom. The number of rotatable bonds is 3. The molecular formula is C18H21N3O2. The Balaban J connectivity index is 1.86. The van der Waals surface area contributed by atoms with E-state index in [0.717, 1.165) is 30.5 Å². The van der Waals surface area contributed by atoms with Gasteiger partial charge in [0.05, 0.1) is 5.69 Å². The molecule has 23 heavy (non-hydrogen) atoms. The molecule has 5 nitrogen and oxygen atoms in total. The quantitative estimate of drug-likeness (QED) is 0.852. The second-order valence-electron chi connectivity index (χ2n) is 6.19. The highest BCUT2D eigenvalue weighted by molar-refractivity contribution is 5.96. The van der Waals surface area contributed by atoms with Gasteiger partial charge >= 0.3 is 0 Å². The number of phenolic OH excluding ortho intramolecular Hbond substituents is 1. The van der Waals surface area contributed by atoms with Gasteiger partial charge in [-0.05, 0) is 62.6 Å². The Morgan fingerprint density at radius 2 is 2.09 bits per heavy atom. The van der Waals surface area contributed by atoms with Crippen molar-refractivity contribution in [1.82, 2.24) is 15.5 Å². The third-order valence-electron chi connectivity index (χ3n) is 4.30. The predicted molar refractivity (Wildman–Crippen MR) is 88.5 cm³/mol. The van der Waals surface area contributed by atoms with Crippen LogP contribution in [0.1, 0.15) is 34.5 Å². The maximum absolute atomic E-state index is 12.4. The number of Topliss-reactive ketones (excluding diaryl/α,β-unsaturated/α-hetero) is 1. The van der Waals surface area contributed by atoms with E-state index >= 15 is 0 Å². The first-order chi connectivity index (χ1) is 11.1. The first kappa shape index (κ1) is 15.6. The molecule has 2 N–H and O–H groups in total.